The maximum atomic E-state index is 12.5. The Morgan fingerprint density at radius 2 is 1.84 bits per heavy atom. The van der Waals surface area contributed by atoms with Crippen LogP contribution in [0.15, 0.2) is 36.5 Å². The molecule has 0 saturated carbocycles. The molecule has 0 saturated heterocycles. The van der Waals surface area contributed by atoms with E-state index >= 15 is 0 Å². The maximum absolute atomic E-state index is 12.5. The summed E-state index contributed by atoms with van der Waals surface area (Å²) in [4.78, 5) is 35.0. The molecule has 132 valence electrons. The first-order chi connectivity index (χ1) is 12.1. The second-order valence-corrected chi connectivity index (χ2v) is 5.13. The largest absolute Gasteiger partial charge is 0.462 e. The van der Waals surface area contributed by atoms with E-state index < -0.39 is 11.9 Å². The van der Waals surface area contributed by atoms with Gasteiger partial charge in [-0.05, 0) is 39.0 Å². The molecule has 2 aromatic rings. The Morgan fingerprint density at radius 1 is 1.12 bits per heavy atom. The van der Waals surface area contributed by atoms with Crippen molar-refractivity contribution in [3.05, 3.63) is 47.8 Å². The zero-order valence-electron chi connectivity index (χ0n) is 14.7. The van der Waals surface area contributed by atoms with Gasteiger partial charge in [0, 0.05) is 19.3 Å². The zero-order valence-corrected chi connectivity index (χ0v) is 14.7. The number of benzene rings is 1. The minimum Gasteiger partial charge on any atom is -0.462 e. The lowest BCUT2D eigenvalue weighted by Gasteiger charge is -2.18. The summed E-state index contributed by atoms with van der Waals surface area (Å²) in [6, 6.07) is 8.24. The molecule has 0 aliphatic heterocycles. The molecule has 1 N–H and O–H groups in total. The van der Waals surface area contributed by atoms with Crippen LogP contribution in [0.4, 0.5) is 11.6 Å². The van der Waals surface area contributed by atoms with Crippen molar-refractivity contribution in [1.29, 1.82) is 0 Å². The van der Waals surface area contributed by atoms with E-state index in [0.29, 0.717) is 17.2 Å². The highest BCUT2D eigenvalue weighted by atomic mass is 16.5. The molecule has 0 fully saturated rings. The lowest BCUT2D eigenvalue weighted by molar-refractivity contribution is 0.0527. The van der Waals surface area contributed by atoms with Gasteiger partial charge in [-0.3, -0.25) is 4.79 Å². The van der Waals surface area contributed by atoms with E-state index in [0.717, 1.165) is 13.1 Å². The van der Waals surface area contributed by atoms with Crippen molar-refractivity contribution >= 4 is 23.5 Å². The van der Waals surface area contributed by atoms with Crippen LogP contribution in [0.25, 0.3) is 0 Å². The number of hydrogen-bond acceptors (Lipinski definition) is 6. The number of anilines is 2. The number of amides is 1. The fourth-order valence-electron chi connectivity index (χ4n) is 2.30. The number of carbonyl (C=O) groups is 2. The van der Waals surface area contributed by atoms with Crippen LogP contribution in [0.5, 0.6) is 0 Å². The number of nitrogens with one attached hydrogen (secondary N) is 1. The Hall–Kier alpha value is -2.96. The average molecular weight is 342 g/mol. The Morgan fingerprint density at radius 3 is 2.52 bits per heavy atom. The molecule has 7 nitrogen and oxygen atoms in total. The third kappa shape index (κ3) is 4.53. The highest BCUT2D eigenvalue weighted by molar-refractivity contribution is 6.07. The molecule has 2 rings (SSSR count). The normalized spacial score (nSPS) is 10.2. The zero-order chi connectivity index (χ0) is 18.2. The number of nitrogens with zero attached hydrogens (tertiary/aromatic N) is 3. The van der Waals surface area contributed by atoms with Gasteiger partial charge < -0.3 is 15.0 Å². The van der Waals surface area contributed by atoms with Crippen LogP contribution in [0.1, 0.15) is 41.6 Å². The third-order valence-corrected chi connectivity index (χ3v) is 3.59. The lowest BCUT2D eigenvalue weighted by atomic mass is 10.1. The summed E-state index contributed by atoms with van der Waals surface area (Å²) in [5.41, 5.74) is 0.917. The fraction of sp³-hybridized carbons (Fsp3) is 0.333. The summed E-state index contributed by atoms with van der Waals surface area (Å²) < 4.78 is 5.01. The smallest absolute Gasteiger partial charge is 0.340 e. The highest BCUT2D eigenvalue weighted by Gasteiger charge is 2.16. The minimum absolute atomic E-state index is 0.232. The minimum atomic E-state index is -0.482. The predicted octanol–water partition coefficient (Wildman–Crippen LogP) is 2.75. The van der Waals surface area contributed by atoms with Gasteiger partial charge in [0.15, 0.2) is 0 Å². The highest BCUT2D eigenvalue weighted by Crippen LogP contribution is 2.17. The molecule has 0 bridgehead atoms. The Balaban J connectivity index is 2.23. The Kier molecular flexibility index (Phi) is 6.45. The Bertz CT molecular complexity index is 745. The van der Waals surface area contributed by atoms with E-state index in [1.54, 1.807) is 37.4 Å². The number of esters is 1. The molecule has 0 atom stereocenters. The third-order valence-electron chi connectivity index (χ3n) is 3.59. The van der Waals surface area contributed by atoms with Crippen molar-refractivity contribution in [3.8, 4) is 0 Å². The van der Waals surface area contributed by atoms with Crippen LogP contribution in [0.2, 0.25) is 0 Å². The number of rotatable bonds is 7. The first-order valence-electron chi connectivity index (χ1n) is 8.26. The van der Waals surface area contributed by atoms with E-state index in [-0.39, 0.29) is 12.3 Å². The molecular formula is C18H22N4O3. The molecule has 0 unspecified atom stereocenters. The molecule has 1 aromatic carbocycles. The van der Waals surface area contributed by atoms with Crippen molar-refractivity contribution in [2.75, 3.05) is 29.9 Å². The van der Waals surface area contributed by atoms with Crippen LogP contribution in [0, 0.1) is 0 Å². The van der Waals surface area contributed by atoms with Gasteiger partial charge in [0.2, 0.25) is 5.95 Å². The first kappa shape index (κ1) is 18.4. The topological polar surface area (TPSA) is 84.4 Å². The van der Waals surface area contributed by atoms with Gasteiger partial charge in [0.05, 0.1) is 17.9 Å². The second-order valence-electron chi connectivity index (χ2n) is 5.13. The number of aromatic nitrogens is 2. The number of ether oxygens (including phenoxy) is 1. The van der Waals surface area contributed by atoms with Crippen LogP contribution < -0.4 is 10.2 Å². The number of hydrogen-bond donors (Lipinski definition) is 1. The van der Waals surface area contributed by atoms with Crippen LogP contribution in [-0.4, -0.2) is 41.5 Å². The summed E-state index contributed by atoms with van der Waals surface area (Å²) in [5.74, 6) is -0.395. The monoisotopic (exact) mass is 342 g/mol. The van der Waals surface area contributed by atoms with Crippen molar-refractivity contribution in [2.45, 2.75) is 20.8 Å². The lowest BCUT2D eigenvalue weighted by Crippen LogP contribution is -2.25. The van der Waals surface area contributed by atoms with Gasteiger partial charge in [-0.2, -0.15) is 0 Å². The molecule has 1 amide bonds. The van der Waals surface area contributed by atoms with E-state index in [4.69, 9.17) is 4.74 Å². The molecule has 0 spiro atoms. The van der Waals surface area contributed by atoms with Gasteiger partial charge in [0.25, 0.3) is 5.91 Å². The van der Waals surface area contributed by atoms with Crippen molar-refractivity contribution in [3.63, 3.8) is 0 Å². The second kappa shape index (κ2) is 8.77. The molecular weight excluding hydrogens is 320 g/mol. The Labute approximate surface area is 147 Å². The average Bonchev–Trinajstić information content (AvgIpc) is 2.63. The van der Waals surface area contributed by atoms with Gasteiger partial charge >= 0.3 is 5.97 Å². The number of carbonyl (C=O) groups excluding carboxylic acids is 2. The maximum Gasteiger partial charge on any atom is 0.340 e. The van der Waals surface area contributed by atoms with Crippen LogP contribution in [0.3, 0.4) is 0 Å². The summed E-state index contributed by atoms with van der Waals surface area (Å²) in [5, 5.41) is 2.72. The molecule has 7 heteroatoms. The van der Waals surface area contributed by atoms with Crippen molar-refractivity contribution in [1.82, 2.24) is 9.97 Å². The molecule has 0 radical (unpaired) electrons. The fourth-order valence-corrected chi connectivity index (χ4v) is 2.30. The quantitative estimate of drug-likeness (QED) is 0.779. The first-order valence-corrected chi connectivity index (χ1v) is 8.26. The van der Waals surface area contributed by atoms with Crippen LogP contribution in [-0.2, 0) is 4.74 Å². The van der Waals surface area contributed by atoms with Gasteiger partial charge in [-0.1, -0.05) is 12.1 Å². The van der Waals surface area contributed by atoms with Crippen molar-refractivity contribution in [2.24, 2.45) is 0 Å². The van der Waals surface area contributed by atoms with Gasteiger partial charge in [-0.15, -0.1) is 0 Å². The molecule has 0 aliphatic rings. The molecule has 1 aromatic heterocycles. The number of para-hydroxylation sites is 1. The van der Waals surface area contributed by atoms with Crippen molar-refractivity contribution < 1.29 is 14.3 Å². The molecule has 0 aliphatic carbocycles. The standard InChI is InChI=1S/C18H22N4O3/c1-4-22(5-2)18-19-12-11-15(21-18)16(23)20-14-10-8-7-9-13(14)17(24)25-6-3/h7-12H,4-6H2,1-3H3,(H,20,23). The van der Waals surface area contributed by atoms with E-state index in [1.165, 1.54) is 6.07 Å². The van der Waals surface area contributed by atoms with Gasteiger partial charge in [0.1, 0.15) is 5.69 Å². The van der Waals surface area contributed by atoms with Gasteiger partial charge in [-0.25, -0.2) is 14.8 Å². The predicted molar refractivity (Wildman–Crippen MR) is 95.9 cm³/mol. The molecule has 25 heavy (non-hydrogen) atoms. The summed E-state index contributed by atoms with van der Waals surface area (Å²) >= 11 is 0. The van der Waals surface area contributed by atoms with E-state index in [1.807, 2.05) is 18.7 Å². The van der Waals surface area contributed by atoms with E-state index in [2.05, 4.69) is 15.3 Å². The van der Waals surface area contributed by atoms with E-state index in [9.17, 15) is 9.59 Å². The summed E-state index contributed by atoms with van der Waals surface area (Å²) in [6.07, 6.45) is 1.55. The summed E-state index contributed by atoms with van der Waals surface area (Å²) in [6.45, 7) is 7.47. The van der Waals surface area contributed by atoms with Crippen LogP contribution >= 0.6 is 0 Å². The summed E-state index contributed by atoms with van der Waals surface area (Å²) in [7, 11) is 0. The molecule has 1 heterocycles. The SMILES string of the molecule is CCOC(=O)c1ccccc1NC(=O)c1ccnc(N(CC)CC)n1.